The van der Waals surface area contributed by atoms with Gasteiger partial charge < -0.3 is 26.0 Å². The average Bonchev–Trinajstić information content (AvgIpc) is 2.88. The van der Waals surface area contributed by atoms with Crippen LogP contribution in [0.3, 0.4) is 0 Å². The van der Waals surface area contributed by atoms with Gasteiger partial charge in [0.25, 0.3) is 11.8 Å². The Morgan fingerprint density at radius 3 is 2.67 bits per heavy atom. The highest BCUT2D eigenvalue weighted by Crippen LogP contribution is 2.21. The number of rotatable bonds is 6. The summed E-state index contributed by atoms with van der Waals surface area (Å²) >= 11 is 0. The lowest BCUT2D eigenvalue weighted by molar-refractivity contribution is 0.0945. The minimum absolute atomic E-state index is 0.0463. The maximum Gasteiger partial charge on any atom is 0.273 e. The van der Waals surface area contributed by atoms with Crippen molar-refractivity contribution in [3.05, 3.63) is 71.5 Å². The van der Waals surface area contributed by atoms with E-state index in [-0.39, 0.29) is 17.4 Å². The van der Waals surface area contributed by atoms with Crippen LogP contribution in [0.15, 0.2) is 54.7 Å². The van der Waals surface area contributed by atoms with E-state index < -0.39 is 5.91 Å². The number of carbonyl (C=O) groups excluding carboxylic acids is 2. The predicted octanol–water partition coefficient (Wildman–Crippen LogP) is 1.85. The summed E-state index contributed by atoms with van der Waals surface area (Å²) in [4.78, 5) is 35.4. The van der Waals surface area contributed by atoms with Crippen molar-refractivity contribution in [2.45, 2.75) is 6.54 Å². The van der Waals surface area contributed by atoms with Crippen LogP contribution in [0.1, 0.15) is 26.4 Å². The average molecular weight is 447 g/mol. The Hall–Kier alpha value is -3.98. The smallest absolute Gasteiger partial charge is 0.273 e. The number of nitrogens with zero attached hydrogens (tertiary/aromatic N) is 3. The second-order valence-electron chi connectivity index (χ2n) is 7.60. The molecule has 9 heteroatoms. The van der Waals surface area contributed by atoms with Crippen molar-refractivity contribution in [2.75, 3.05) is 44.0 Å². The summed E-state index contributed by atoms with van der Waals surface area (Å²) in [5.74, 6) is -0.579. The number of nitrogens with one attached hydrogen (secondary N) is 2. The number of anilines is 2. The van der Waals surface area contributed by atoms with E-state index in [1.165, 1.54) is 13.2 Å². The van der Waals surface area contributed by atoms with Gasteiger partial charge in [-0.2, -0.15) is 0 Å². The van der Waals surface area contributed by atoms with Crippen molar-refractivity contribution < 1.29 is 14.3 Å². The molecule has 9 nitrogen and oxygen atoms in total. The lowest BCUT2D eigenvalue weighted by Gasteiger charge is -2.29. The van der Waals surface area contributed by atoms with Crippen molar-refractivity contribution in [1.29, 1.82) is 0 Å². The van der Waals surface area contributed by atoms with Gasteiger partial charge in [-0.3, -0.25) is 9.59 Å². The SMILES string of the molecule is CNC(=O)c1nc(-c2cccc(C(=O)NCc3cccc(N4CCOCC4)c3)c2)cnc1N. The Balaban J connectivity index is 1.46. The third-order valence-electron chi connectivity index (χ3n) is 5.40. The van der Waals surface area contributed by atoms with Gasteiger partial charge in [0.15, 0.2) is 11.5 Å². The number of nitrogen functional groups attached to an aromatic ring is 1. The molecule has 1 aliphatic rings. The number of hydrogen-bond donors (Lipinski definition) is 3. The second-order valence-corrected chi connectivity index (χ2v) is 7.60. The predicted molar refractivity (Wildman–Crippen MR) is 126 cm³/mol. The van der Waals surface area contributed by atoms with Crippen molar-refractivity contribution >= 4 is 23.3 Å². The number of ether oxygens (including phenoxy) is 1. The molecule has 0 radical (unpaired) electrons. The summed E-state index contributed by atoms with van der Waals surface area (Å²) in [5, 5.41) is 5.46. The molecule has 33 heavy (non-hydrogen) atoms. The fraction of sp³-hybridized carbons (Fsp3) is 0.250. The van der Waals surface area contributed by atoms with Crippen LogP contribution < -0.4 is 21.3 Å². The fourth-order valence-electron chi connectivity index (χ4n) is 3.61. The number of carbonyl (C=O) groups is 2. The molecule has 0 unspecified atom stereocenters. The summed E-state index contributed by atoms with van der Waals surface area (Å²) in [5.41, 5.74) is 9.56. The molecule has 1 saturated heterocycles. The molecular formula is C24H26N6O3. The van der Waals surface area contributed by atoms with Crippen molar-refractivity contribution in [1.82, 2.24) is 20.6 Å². The van der Waals surface area contributed by atoms with Crippen LogP contribution in [0, 0.1) is 0 Å². The van der Waals surface area contributed by atoms with E-state index in [1.807, 2.05) is 12.1 Å². The standard InChI is InChI=1S/C24H26N6O3/c1-26-24(32)21-22(25)27-15-20(29-21)17-5-3-6-18(13-17)23(31)28-14-16-4-2-7-19(12-16)30-8-10-33-11-9-30/h2-7,12-13,15H,8-11,14H2,1H3,(H2,25,27)(H,26,32)(H,28,31). The van der Waals surface area contributed by atoms with Gasteiger partial charge in [0.2, 0.25) is 0 Å². The molecule has 2 amide bonds. The van der Waals surface area contributed by atoms with Gasteiger partial charge in [-0.15, -0.1) is 0 Å². The molecule has 1 aliphatic heterocycles. The highest BCUT2D eigenvalue weighted by atomic mass is 16.5. The third-order valence-corrected chi connectivity index (χ3v) is 5.40. The molecule has 2 aromatic carbocycles. The normalized spacial score (nSPS) is 13.4. The summed E-state index contributed by atoms with van der Waals surface area (Å²) in [6.45, 7) is 3.57. The van der Waals surface area contributed by atoms with Gasteiger partial charge in [-0.1, -0.05) is 24.3 Å². The zero-order valence-corrected chi connectivity index (χ0v) is 18.4. The van der Waals surface area contributed by atoms with Gasteiger partial charge in [-0.05, 0) is 29.8 Å². The zero-order valence-electron chi connectivity index (χ0n) is 18.4. The summed E-state index contributed by atoms with van der Waals surface area (Å²) in [6, 6.07) is 15.2. The van der Waals surface area contributed by atoms with E-state index >= 15 is 0 Å². The zero-order chi connectivity index (χ0) is 23.2. The van der Waals surface area contributed by atoms with Crippen LogP contribution in [-0.4, -0.2) is 55.1 Å². The molecule has 0 aliphatic carbocycles. The highest BCUT2D eigenvalue weighted by Gasteiger charge is 2.15. The number of benzene rings is 2. The Labute approximate surface area is 192 Å². The Morgan fingerprint density at radius 1 is 1.09 bits per heavy atom. The van der Waals surface area contributed by atoms with Gasteiger partial charge in [-0.25, -0.2) is 9.97 Å². The molecule has 1 fully saturated rings. The highest BCUT2D eigenvalue weighted by molar-refractivity contribution is 5.97. The van der Waals surface area contributed by atoms with E-state index in [9.17, 15) is 9.59 Å². The number of aromatic nitrogens is 2. The first-order valence-corrected chi connectivity index (χ1v) is 10.7. The number of morpholine rings is 1. The molecule has 4 rings (SSSR count). The third kappa shape index (κ3) is 5.27. The van der Waals surface area contributed by atoms with Crippen LogP contribution >= 0.6 is 0 Å². The van der Waals surface area contributed by atoms with Crippen LogP contribution in [0.2, 0.25) is 0 Å². The first kappa shape index (κ1) is 22.2. The van der Waals surface area contributed by atoms with E-state index in [4.69, 9.17) is 10.5 Å². The topological polar surface area (TPSA) is 122 Å². The molecule has 1 aromatic heterocycles. The van der Waals surface area contributed by atoms with Crippen molar-refractivity contribution in [2.24, 2.45) is 0 Å². The number of nitrogens with two attached hydrogens (primary N) is 1. The maximum absolute atomic E-state index is 12.8. The largest absolute Gasteiger partial charge is 0.382 e. The molecular weight excluding hydrogens is 420 g/mol. The van der Waals surface area contributed by atoms with Gasteiger partial charge in [0, 0.05) is 43.5 Å². The maximum atomic E-state index is 12.8. The van der Waals surface area contributed by atoms with Crippen LogP contribution in [-0.2, 0) is 11.3 Å². The molecule has 0 atom stereocenters. The number of amides is 2. The van der Waals surface area contributed by atoms with Crippen LogP contribution in [0.4, 0.5) is 11.5 Å². The van der Waals surface area contributed by atoms with E-state index in [0.29, 0.717) is 23.4 Å². The monoisotopic (exact) mass is 446 g/mol. The fourth-order valence-corrected chi connectivity index (χ4v) is 3.61. The molecule has 3 aromatic rings. The molecule has 0 saturated carbocycles. The Bertz CT molecular complexity index is 1160. The first-order chi connectivity index (χ1) is 16.0. The Morgan fingerprint density at radius 2 is 1.88 bits per heavy atom. The minimum atomic E-state index is -0.421. The molecule has 0 spiro atoms. The van der Waals surface area contributed by atoms with Gasteiger partial charge in [0.1, 0.15) is 0 Å². The van der Waals surface area contributed by atoms with Crippen molar-refractivity contribution in [3.63, 3.8) is 0 Å². The van der Waals surface area contributed by atoms with Gasteiger partial charge in [0.05, 0.1) is 25.1 Å². The molecule has 4 N–H and O–H groups in total. The summed E-state index contributed by atoms with van der Waals surface area (Å²) in [6.07, 6.45) is 1.48. The van der Waals surface area contributed by atoms with E-state index in [2.05, 4.69) is 37.6 Å². The second kappa shape index (κ2) is 10.1. The van der Waals surface area contributed by atoms with Crippen LogP contribution in [0.25, 0.3) is 11.3 Å². The summed E-state index contributed by atoms with van der Waals surface area (Å²) in [7, 11) is 1.50. The lowest BCUT2D eigenvalue weighted by Crippen LogP contribution is -2.36. The summed E-state index contributed by atoms with van der Waals surface area (Å²) < 4.78 is 5.42. The Kier molecular flexibility index (Phi) is 6.80. The van der Waals surface area contributed by atoms with E-state index in [1.54, 1.807) is 24.3 Å². The quantitative estimate of drug-likeness (QED) is 0.528. The number of hydrogen-bond acceptors (Lipinski definition) is 7. The lowest BCUT2D eigenvalue weighted by atomic mass is 10.1. The minimum Gasteiger partial charge on any atom is -0.382 e. The molecule has 2 heterocycles. The van der Waals surface area contributed by atoms with Gasteiger partial charge >= 0.3 is 0 Å². The van der Waals surface area contributed by atoms with Crippen molar-refractivity contribution in [3.8, 4) is 11.3 Å². The molecule has 0 bridgehead atoms. The first-order valence-electron chi connectivity index (χ1n) is 10.7. The molecule has 170 valence electrons. The van der Waals surface area contributed by atoms with Crippen LogP contribution in [0.5, 0.6) is 0 Å². The van der Waals surface area contributed by atoms with E-state index in [0.717, 1.165) is 37.6 Å².